The highest BCUT2D eigenvalue weighted by Gasteiger charge is 2.19. The molecule has 0 fully saturated rings. The second-order valence-electron chi connectivity index (χ2n) is 8.56. The van der Waals surface area contributed by atoms with Crippen LogP contribution in [0.5, 0.6) is 0 Å². The number of nitrogens with one attached hydrogen (secondary N) is 2. The zero-order valence-electron chi connectivity index (χ0n) is 20.5. The van der Waals surface area contributed by atoms with Crippen molar-refractivity contribution in [3.05, 3.63) is 108 Å². The van der Waals surface area contributed by atoms with Crippen LogP contribution in [0.25, 0.3) is 22.6 Å². The standard InChI is InChI=1S/C30H24ClN3O3S/c1-2-27(38-24-10-6-9-23(18-24)33-28(35)20-7-5-8-21(31)17-20)29(36)32-22-15-13-19(14-16-22)30-34-25-11-3-4-12-26(25)37-30/h3-18,27H,2H2,1H3,(H,32,36)(H,33,35). The zero-order chi connectivity index (χ0) is 26.5. The molecule has 5 aromatic rings. The number of oxazole rings is 1. The number of hydrogen-bond donors (Lipinski definition) is 2. The molecule has 2 N–H and O–H groups in total. The number of carbonyl (C=O) groups excluding carboxylic acids is 2. The second-order valence-corrected chi connectivity index (χ2v) is 10.3. The first-order valence-electron chi connectivity index (χ1n) is 12.1. The van der Waals surface area contributed by atoms with Gasteiger partial charge in [-0.05, 0) is 79.2 Å². The molecule has 0 aliphatic rings. The monoisotopic (exact) mass is 541 g/mol. The maximum Gasteiger partial charge on any atom is 0.255 e. The molecule has 0 spiro atoms. The predicted octanol–water partition coefficient (Wildman–Crippen LogP) is 7.91. The molecule has 0 radical (unpaired) electrons. The Labute approximate surface area is 229 Å². The summed E-state index contributed by atoms with van der Waals surface area (Å²) in [7, 11) is 0. The average molecular weight is 542 g/mol. The van der Waals surface area contributed by atoms with Gasteiger partial charge in [-0.15, -0.1) is 11.8 Å². The summed E-state index contributed by atoms with van der Waals surface area (Å²) in [4.78, 5) is 31.0. The Balaban J connectivity index is 1.22. The summed E-state index contributed by atoms with van der Waals surface area (Å²) in [5.74, 6) is 0.189. The van der Waals surface area contributed by atoms with E-state index in [1.165, 1.54) is 11.8 Å². The van der Waals surface area contributed by atoms with Gasteiger partial charge >= 0.3 is 0 Å². The summed E-state index contributed by atoms with van der Waals surface area (Å²) in [6.07, 6.45) is 0.636. The molecule has 1 atom stereocenters. The lowest BCUT2D eigenvalue weighted by Crippen LogP contribution is -2.24. The van der Waals surface area contributed by atoms with Gasteiger partial charge in [-0.3, -0.25) is 9.59 Å². The lowest BCUT2D eigenvalue weighted by atomic mass is 10.2. The molecule has 1 heterocycles. The Bertz CT molecular complexity index is 1570. The number of hydrogen-bond acceptors (Lipinski definition) is 5. The van der Waals surface area contributed by atoms with Crippen LogP contribution in [0, 0.1) is 0 Å². The molecule has 0 saturated carbocycles. The van der Waals surface area contributed by atoms with E-state index in [1.54, 1.807) is 24.3 Å². The van der Waals surface area contributed by atoms with Gasteiger partial charge in [0.05, 0.1) is 5.25 Å². The molecular weight excluding hydrogens is 518 g/mol. The fourth-order valence-corrected chi connectivity index (χ4v) is 5.08. The molecule has 38 heavy (non-hydrogen) atoms. The summed E-state index contributed by atoms with van der Waals surface area (Å²) < 4.78 is 5.83. The van der Waals surface area contributed by atoms with E-state index in [1.807, 2.05) is 79.7 Å². The molecule has 0 aliphatic heterocycles. The maximum absolute atomic E-state index is 13.1. The molecule has 4 aromatic carbocycles. The molecule has 8 heteroatoms. The number of halogens is 1. The summed E-state index contributed by atoms with van der Waals surface area (Å²) in [6, 6.07) is 29.3. The van der Waals surface area contributed by atoms with Crippen molar-refractivity contribution in [3.63, 3.8) is 0 Å². The van der Waals surface area contributed by atoms with Crippen molar-refractivity contribution < 1.29 is 14.0 Å². The van der Waals surface area contributed by atoms with Gasteiger partial charge in [-0.2, -0.15) is 0 Å². The van der Waals surface area contributed by atoms with E-state index in [9.17, 15) is 9.59 Å². The van der Waals surface area contributed by atoms with Crippen LogP contribution in [0.4, 0.5) is 11.4 Å². The molecule has 1 unspecified atom stereocenters. The van der Waals surface area contributed by atoms with Gasteiger partial charge < -0.3 is 15.1 Å². The minimum atomic E-state index is -0.314. The number of anilines is 2. The third-order valence-electron chi connectivity index (χ3n) is 5.81. The van der Waals surface area contributed by atoms with Crippen LogP contribution in [0.15, 0.2) is 106 Å². The highest BCUT2D eigenvalue weighted by Crippen LogP contribution is 2.30. The number of para-hydroxylation sites is 2. The first kappa shape index (κ1) is 25.6. The quantitative estimate of drug-likeness (QED) is 0.195. The Morgan fingerprint density at radius 3 is 2.45 bits per heavy atom. The highest BCUT2D eigenvalue weighted by molar-refractivity contribution is 8.00. The Kier molecular flexibility index (Phi) is 7.77. The fourth-order valence-electron chi connectivity index (χ4n) is 3.88. The van der Waals surface area contributed by atoms with Gasteiger partial charge in [0.15, 0.2) is 5.58 Å². The van der Waals surface area contributed by atoms with Crippen molar-refractivity contribution in [2.75, 3.05) is 10.6 Å². The lowest BCUT2D eigenvalue weighted by molar-refractivity contribution is -0.115. The molecule has 2 amide bonds. The maximum atomic E-state index is 13.1. The van der Waals surface area contributed by atoms with E-state index in [2.05, 4.69) is 15.6 Å². The number of aromatic nitrogens is 1. The van der Waals surface area contributed by atoms with Crippen molar-refractivity contribution in [1.29, 1.82) is 0 Å². The average Bonchev–Trinajstić information content (AvgIpc) is 3.37. The van der Waals surface area contributed by atoms with E-state index in [-0.39, 0.29) is 17.1 Å². The number of carbonyl (C=O) groups is 2. The SMILES string of the molecule is CCC(Sc1cccc(NC(=O)c2cccc(Cl)c2)c1)C(=O)Nc1ccc(-c2nc3ccccc3o2)cc1. The number of amides is 2. The molecular formula is C30H24ClN3O3S. The van der Waals surface area contributed by atoms with Crippen molar-refractivity contribution in [2.45, 2.75) is 23.5 Å². The van der Waals surface area contributed by atoms with Crippen molar-refractivity contribution in [3.8, 4) is 11.5 Å². The summed E-state index contributed by atoms with van der Waals surface area (Å²) in [5, 5.41) is 6.07. The van der Waals surface area contributed by atoms with Crippen LogP contribution in [0.3, 0.4) is 0 Å². The highest BCUT2D eigenvalue weighted by atomic mass is 35.5. The minimum Gasteiger partial charge on any atom is -0.436 e. The third kappa shape index (κ3) is 6.07. The molecule has 0 saturated heterocycles. The van der Waals surface area contributed by atoms with Crippen molar-refractivity contribution in [1.82, 2.24) is 4.98 Å². The van der Waals surface area contributed by atoms with E-state index in [0.717, 1.165) is 21.6 Å². The van der Waals surface area contributed by atoms with E-state index >= 15 is 0 Å². The molecule has 6 nitrogen and oxygen atoms in total. The lowest BCUT2D eigenvalue weighted by Gasteiger charge is -2.15. The summed E-state index contributed by atoms with van der Waals surface area (Å²) in [6.45, 7) is 1.97. The van der Waals surface area contributed by atoms with Crippen LogP contribution in [-0.4, -0.2) is 22.0 Å². The van der Waals surface area contributed by atoms with Gasteiger partial charge in [-0.1, -0.05) is 42.8 Å². The number of thioether (sulfide) groups is 1. The van der Waals surface area contributed by atoms with Crippen molar-refractivity contribution in [2.24, 2.45) is 0 Å². The van der Waals surface area contributed by atoms with Crippen LogP contribution in [-0.2, 0) is 4.79 Å². The number of nitrogens with zero attached hydrogens (tertiary/aromatic N) is 1. The number of benzene rings is 4. The Morgan fingerprint density at radius 1 is 0.895 bits per heavy atom. The number of rotatable bonds is 8. The predicted molar refractivity (Wildman–Crippen MR) is 154 cm³/mol. The van der Waals surface area contributed by atoms with Gasteiger partial charge in [0, 0.05) is 32.4 Å². The topological polar surface area (TPSA) is 84.2 Å². The van der Waals surface area contributed by atoms with Crippen molar-refractivity contribution >= 4 is 57.7 Å². The van der Waals surface area contributed by atoms with E-state index in [0.29, 0.717) is 34.3 Å². The normalized spacial score (nSPS) is 11.7. The number of fused-ring (bicyclic) bond motifs is 1. The molecule has 190 valence electrons. The summed E-state index contributed by atoms with van der Waals surface area (Å²) in [5.41, 5.74) is 4.17. The van der Waals surface area contributed by atoms with Gasteiger partial charge in [0.2, 0.25) is 11.8 Å². The molecule has 0 bridgehead atoms. The van der Waals surface area contributed by atoms with Crippen LogP contribution in [0.2, 0.25) is 5.02 Å². The molecule has 0 aliphatic carbocycles. The zero-order valence-corrected chi connectivity index (χ0v) is 22.1. The Morgan fingerprint density at radius 2 is 1.68 bits per heavy atom. The first-order valence-corrected chi connectivity index (χ1v) is 13.3. The summed E-state index contributed by atoms with van der Waals surface area (Å²) >= 11 is 7.45. The smallest absolute Gasteiger partial charge is 0.255 e. The molecule has 1 aromatic heterocycles. The van der Waals surface area contributed by atoms with Gasteiger partial charge in [0.25, 0.3) is 5.91 Å². The van der Waals surface area contributed by atoms with E-state index < -0.39 is 0 Å². The van der Waals surface area contributed by atoms with Gasteiger partial charge in [-0.25, -0.2) is 4.98 Å². The van der Waals surface area contributed by atoms with Gasteiger partial charge in [0.1, 0.15) is 5.52 Å². The molecule has 5 rings (SSSR count). The fraction of sp³-hybridized carbons (Fsp3) is 0.100. The third-order valence-corrected chi connectivity index (χ3v) is 7.41. The Hall–Kier alpha value is -4.07. The van der Waals surface area contributed by atoms with Crippen LogP contribution in [0.1, 0.15) is 23.7 Å². The minimum absolute atomic E-state index is 0.0968. The first-order chi connectivity index (χ1) is 18.5. The second kappa shape index (κ2) is 11.5. The van der Waals surface area contributed by atoms with E-state index in [4.69, 9.17) is 16.0 Å². The largest absolute Gasteiger partial charge is 0.436 e. The van der Waals surface area contributed by atoms with Crippen LogP contribution < -0.4 is 10.6 Å². The van der Waals surface area contributed by atoms with Crippen LogP contribution >= 0.6 is 23.4 Å².